The molecule has 0 radical (unpaired) electrons. The van der Waals surface area contributed by atoms with E-state index in [0.717, 1.165) is 21.2 Å². The molecule has 0 saturated heterocycles. The van der Waals surface area contributed by atoms with Gasteiger partial charge < -0.3 is 4.74 Å². The van der Waals surface area contributed by atoms with Gasteiger partial charge in [0.1, 0.15) is 5.75 Å². The fourth-order valence-corrected chi connectivity index (χ4v) is 3.10. The average molecular weight is 297 g/mol. The maximum Gasteiger partial charge on any atom is 0.119 e. The highest BCUT2D eigenvalue weighted by molar-refractivity contribution is 7.10. The second-order valence-electron chi connectivity index (χ2n) is 4.47. The summed E-state index contributed by atoms with van der Waals surface area (Å²) in [4.78, 5) is 1.02. The van der Waals surface area contributed by atoms with Crippen molar-refractivity contribution >= 4 is 22.9 Å². The van der Waals surface area contributed by atoms with Crippen LogP contribution in [0.5, 0.6) is 5.75 Å². The SMILES string of the molecule is CC(C)Oc1ccc(C(NN)c2sccc2Cl)cc1. The van der Waals surface area contributed by atoms with E-state index in [-0.39, 0.29) is 12.1 Å². The van der Waals surface area contributed by atoms with Crippen LogP contribution in [-0.4, -0.2) is 6.10 Å². The van der Waals surface area contributed by atoms with E-state index in [0.29, 0.717) is 0 Å². The summed E-state index contributed by atoms with van der Waals surface area (Å²) in [5.74, 6) is 6.50. The first-order chi connectivity index (χ1) is 9.11. The predicted molar refractivity (Wildman–Crippen MR) is 80.7 cm³/mol. The first-order valence-electron chi connectivity index (χ1n) is 6.07. The van der Waals surface area contributed by atoms with Crippen molar-refractivity contribution in [3.63, 3.8) is 0 Å². The van der Waals surface area contributed by atoms with Crippen molar-refractivity contribution in [3.05, 3.63) is 51.2 Å². The lowest BCUT2D eigenvalue weighted by molar-refractivity contribution is 0.242. The second kappa shape index (κ2) is 6.39. The molecule has 0 saturated carbocycles. The Kier molecular flexibility index (Phi) is 4.82. The molecule has 0 spiro atoms. The average Bonchev–Trinajstić information content (AvgIpc) is 2.78. The van der Waals surface area contributed by atoms with Gasteiger partial charge in [-0.25, -0.2) is 5.43 Å². The molecule has 1 atom stereocenters. The molecule has 1 aromatic carbocycles. The smallest absolute Gasteiger partial charge is 0.119 e. The van der Waals surface area contributed by atoms with Crippen LogP contribution in [-0.2, 0) is 0 Å². The van der Waals surface area contributed by atoms with Crippen molar-refractivity contribution < 1.29 is 4.74 Å². The monoisotopic (exact) mass is 296 g/mol. The summed E-state index contributed by atoms with van der Waals surface area (Å²) in [6.45, 7) is 4.01. The maximum atomic E-state index is 6.15. The maximum absolute atomic E-state index is 6.15. The number of thiophene rings is 1. The molecule has 102 valence electrons. The molecule has 0 fully saturated rings. The minimum Gasteiger partial charge on any atom is -0.491 e. The molecule has 2 aromatic rings. The number of nitrogens with two attached hydrogens (primary N) is 1. The van der Waals surface area contributed by atoms with Gasteiger partial charge in [-0.05, 0) is 43.0 Å². The van der Waals surface area contributed by atoms with Gasteiger partial charge in [-0.1, -0.05) is 23.7 Å². The van der Waals surface area contributed by atoms with Crippen LogP contribution in [0.2, 0.25) is 5.02 Å². The largest absolute Gasteiger partial charge is 0.491 e. The summed E-state index contributed by atoms with van der Waals surface area (Å²) in [7, 11) is 0. The van der Waals surface area contributed by atoms with Gasteiger partial charge in [0.25, 0.3) is 0 Å². The van der Waals surface area contributed by atoms with E-state index >= 15 is 0 Å². The standard InChI is InChI=1S/C14H17ClN2OS/c1-9(2)18-11-5-3-10(4-6-11)13(17-16)14-12(15)7-8-19-14/h3-9,13,17H,16H2,1-2H3. The van der Waals surface area contributed by atoms with E-state index < -0.39 is 0 Å². The number of hydrogen-bond acceptors (Lipinski definition) is 4. The van der Waals surface area contributed by atoms with Crippen LogP contribution in [0.3, 0.4) is 0 Å². The van der Waals surface area contributed by atoms with E-state index in [1.165, 1.54) is 0 Å². The predicted octanol–water partition coefficient (Wildman–Crippen LogP) is 3.74. The number of ether oxygens (including phenoxy) is 1. The van der Waals surface area contributed by atoms with Gasteiger partial charge >= 0.3 is 0 Å². The lowest BCUT2D eigenvalue weighted by Crippen LogP contribution is -2.28. The molecular weight excluding hydrogens is 280 g/mol. The van der Waals surface area contributed by atoms with Crippen molar-refractivity contribution in [2.45, 2.75) is 26.0 Å². The Bertz CT molecular complexity index is 524. The topological polar surface area (TPSA) is 47.3 Å². The molecular formula is C14H17ClN2OS. The lowest BCUT2D eigenvalue weighted by Gasteiger charge is -2.16. The van der Waals surface area contributed by atoms with Gasteiger partial charge in [0.05, 0.1) is 17.2 Å². The van der Waals surface area contributed by atoms with Crippen LogP contribution >= 0.6 is 22.9 Å². The second-order valence-corrected chi connectivity index (χ2v) is 5.82. The molecule has 0 aliphatic heterocycles. The highest BCUT2D eigenvalue weighted by Crippen LogP contribution is 2.33. The Morgan fingerprint density at radius 2 is 1.89 bits per heavy atom. The third-order valence-electron chi connectivity index (χ3n) is 2.66. The van der Waals surface area contributed by atoms with Crippen molar-refractivity contribution in [1.29, 1.82) is 0 Å². The summed E-state index contributed by atoms with van der Waals surface area (Å²) >= 11 is 7.74. The zero-order chi connectivity index (χ0) is 13.8. The summed E-state index contributed by atoms with van der Waals surface area (Å²) in [5.41, 5.74) is 3.87. The molecule has 5 heteroatoms. The summed E-state index contributed by atoms with van der Waals surface area (Å²) in [6, 6.07) is 9.67. The van der Waals surface area contributed by atoms with Crippen molar-refractivity contribution in [2.75, 3.05) is 0 Å². The molecule has 1 heterocycles. The highest BCUT2D eigenvalue weighted by Gasteiger charge is 2.17. The van der Waals surface area contributed by atoms with E-state index in [2.05, 4.69) is 5.43 Å². The van der Waals surface area contributed by atoms with Crippen LogP contribution in [0, 0.1) is 0 Å². The Morgan fingerprint density at radius 3 is 2.37 bits per heavy atom. The number of halogens is 1. The highest BCUT2D eigenvalue weighted by atomic mass is 35.5. The molecule has 0 aliphatic carbocycles. The summed E-state index contributed by atoms with van der Waals surface area (Å²) < 4.78 is 5.62. The number of nitrogens with one attached hydrogen (secondary N) is 1. The molecule has 0 aliphatic rings. The van der Waals surface area contributed by atoms with Gasteiger partial charge in [-0.15, -0.1) is 11.3 Å². The fraction of sp³-hybridized carbons (Fsp3) is 0.286. The van der Waals surface area contributed by atoms with E-state index in [9.17, 15) is 0 Å². The molecule has 1 aromatic heterocycles. The van der Waals surface area contributed by atoms with Crippen molar-refractivity contribution in [1.82, 2.24) is 5.43 Å². The number of rotatable bonds is 5. The zero-order valence-electron chi connectivity index (χ0n) is 10.9. The fourth-order valence-electron chi connectivity index (χ4n) is 1.85. The third-order valence-corrected chi connectivity index (χ3v) is 4.08. The van der Waals surface area contributed by atoms with Crippen LogP contribution in [0.25, 0.3) is 0 Å². The lowest BCUT2D eigenvalue weighted by atomic mass is 10.1. The van der Waals surface area contributed by atoms with Gasteiger partial charge in [0, 0.05) is 4.88 Å². The van der Waals surface area contributed by atoms with E-state index in [1.54, 1.807) is 11.3 Å². The minimum absolute atomic E-state index is 0.0967. The van der Waals surface area contributed by atoms with Crippen LogP contribution in [0.1, 0.15) is 30.3 Å². The van der Waals surface area contributed by atoms with Gasteiger partial charge in [0.2, 0.25) is 0 Å². The van der Waals surface area contributed by atoms with E-state index in [1.807, 2.05) is 49.6 Å². The summed E-state index contributed by atoms with van der Waals surface area (Å²) in [5, 5.41) is 2.69. The molecule has 19 heavy (non-hydrogen) atoms. The normalized spacial score (nSPS) is 12.7. The Morgan fingerprint density at radius 1 is 1.21 bits per heavy atom. The molecule has 3 N–H and O–H groups in total. The third kappa shape index (κ3) is 3.48. The Labute approximate surface area is 122 Å². The van der Waals surface area contributed by atoms with Crippen LogP contribution < -0.4 is 16.0 Å². The number of benzene rings is 1. The van der Waals surface area contributed by atoms with Gasteiger partial charge in [-0.2, -0.15) is 0 Å². The van der Waals surface area contributed by atoms with Crippen molar-refractivity contribution in [2.24, 2.45) is 5.84 Å². The van der Waals surface area contributed by atoms with Gasteiger partial charge in [0.15, 0.2) is 0 Å². The van der Waals surface area contributed by atoms with Crippen LogP contribution in [0.15, 0.2) is 35.7 Å². The van der Waals surface area contributed by atoms with Crippen LogP contribution in [0.4, 0.5) is 0 Å². The summed E-state index contributed by atoms with van der Waals surface area (Å²) in [6.07, 6.45) is 0.168. The first-order valence-corrected chi connectivity index (χ1v) is 7.33. The van der Waals surface area contributed by atoms with E-state index in [4.69, 9.17) is 22.2 Å². The van der Waals surface area contributed by atoms with Gasteiger partial charge in [-0.3, -0.25) is 5.84 Å². The molecule has 0 amide bonds. The Hall–Kier alpha value is -1.07. The zero-order valence-corrected chi connectivity index (χ0v) is 12.5. The first kappa shape index (κ1) is 14.3. The van der Waals surface area contributed by atoms with Crippen molar-refractivity contribution in [3.8, 4) is 5.75 Å². The molecule has 2 rings (SSSR count). The molecule has 0 bridgehead atoms. The molecule has 1 unspecified atom stereocenters. The Balaban J connectivity index is 2.22. The molecule has 3 nitrogen and oxygen atoms in total. The number of hydrogen-bond donors (Lipinski definition) is 2. The minimum atomic E-state index is -0.0967. The quantitative estimate of drug-likeness (QED) is 0.653. The number of hydrazine groups is 1.